The van der Waals surface area contributed by atoms with Gasteiger partial charge >= 0.3 is 0 Å². The van der Waals surface area contributed by atoms with Crippen molar-refractivity contribution in [3.8, 4) is 0 Å². The van der Waals surface area contributed by atoms with E-state index < -0.39 is 0 Å². The molecule has 2 aromatic rings. The van der Waals surface area contributed by atoms with Crippen molar-refractivity contribution in [2.45, 2.75) is 12.5 Å². The molecule has 1 atom stereocenters. The molecular weight excluding hydrogens is 314 g/mol. The standard InChI is InChI=1S/C13H16ClN3O3S/c1-20-8-9(4-6-18)15-11(19)3-2-10-12(14)16-13-17(10)5-7-21-13/h2-3,5,7,9,18H,4,6,8H2,1H3,(H,15,19)/b3-2+. The number of fused-ring (bicyclic) bond motifs is 1. The van der Waals surface area contributed by atoms with E-state index in [2.05, 4.69) is 10.3 Å². The van der Waals surface area contributed by atoms with E-state index in [-0.39, 0.29) is 18.6 Å². The quantitative estimate of drug-likeness (QED) is 0.756. The van der Waals surface area contributed by atoms with Crippen molar-refractivity contribution in [1.29, 1.82) is 0 Å². The Morgan fingerprint density at radius 2 is 2.52 bits per heavy atom. The fourth-order valence-corrected chi connectivity index (χ4v) is 2.89. The van der Waals surface area contributed by atoms with Crippen LogP contribution < -0.4 is 5.32 Å². The molecule has 0 aromatic carbocycles. The lowest BCUT2D eigenvalue weighted by molar-refractivity contribution is -0.117. The number of nitrogens with zero attached hydrogens (tertiary/aromatic N) is 2. The molecule has 0 radical (unpaired) electrons. The number of aliphatic hydroxyl groups excluding tert-OH is 1. The third-order valence-electron chi connectivity index (χ3n) is 2.84. The number of carbonyl (C=O) groups excluding carboxylic acids is 1. The number of ether oxygens (including phenoxy) is 1. The number of aliphatic hydroxyl groups is 1. The Bertz CT molecular complexity index is 632. The van der Waals surface area contributed by atoms with Crippen molar-refractivity contribution in [3.63, 3.8) is 0 Å². The van der Waals surface area contributed by atoms with Gasteiger partial charge in [0.2, 0.25) is 5.91 Å². The van der Waals surface area contributed by atoms with Gasteiger partial charge in [0.1, 0.15) is 0 Å². The molecule has 0 fully saturated rings. The molecule has 0 aliphatic rings. The molecule has 0 spiro atoms. The molecule has 2 aromatic heterocycles. The van der Waals surface area contributed by atoms with E-state index >= 15 is 0 Å². The van der Waals surface area contributed by atoms with Crippen molar-refractivity contribution < 1.29 is 14.6 Å². The lowest BCUT2D eigenvalue weighted by atomic mass is 10.2. The number of rotatable bonds is 7. The Kier molecular flexibility index (Phi) is 5.75. The Balaban J connectivity index is 2.04. The highest BCUT2D eigenvalue weighted by Crippen LogP contribution is 2.22. The van der Waals surface area contributed by atoms with Crippen LogP contribution in [0, 0.1) is 0 Å². The highest BCUT2D eigenvalue weighted by molar-refractivity contribution is 7.15. The van der Waals surface area contributed by atoms with Gasteiger partial charge in [-0.15, -0.1) is 11.3 Å². The largest absolute Gasteiger partial charge is 0.396 e. The summed E-state index contributed by atoms with van der Waals surface area (Å²) in [6.45, 7) is 0.338. The number of methoxy groups -OCH3 is 1. The first kappa shape index (κ1) is 16.0. The minimum Gasteiger partial charge on any atom is -0.396 e. The fourth-order valence-electron chi connectivity index (χ4n) is 1.88. The Morgan fingerprint density at radius 3 is 3.24 bits per heavy atom. The third kappa shape index (κ3) is 4.04. The first-order valence-corrected chi connectivity index (χ1v) is 7.61. The molecule has 0 saturated heterocycles. The van der Waals surface area contributed by atoms with Gasteiger partial charge in [0.05, 0.1) is 18.3 Å². The summed E-state index contributed by atoms with van der Waals surface area (Å²) in [5.74, 6) is -0.272. The van der Waals surface area contributed by atoms with E-state index in [0.29, 0.717) is 23.9 Å². The van der Waals surface area contributed by atoms with Crippen LogP contribution in [-0.4, -0.2) is 46.8 Å². The van der Waals surface area contributed by atoms with E-state index in [1.165, 1.54) is 17.4 Å². The fraction of sp³-hybridized carbons (Fsp3) is 0.385. The molecule has 0 aliphatic carbocycles. The molecular formula is C13H16ClN3O3S. The predicted molar refractivity (Wildman–Crippen MR) is 82.6 cm³/mol. The second kappa shape index (κ2) is 7.56. The molecule has 1 unspecified atom stereocenters. The van der Waals surface area contributed by atoms with E-state index in [1.807, 2.05) is 16.0 Å². The molecule has 1 amide bonds. The van der Waals surface area contributed by atoms with Gasteiger partial charge < -0.3 is 15.2 Å². The summed E-state index contributed by atoms with van der Waals surface area (Å²) in [5.41, 5.74) is 0.661. The summed E-state index contributed by atoms with van der Waals surface area (Å²) < 4.78 is 6.81. The number of carbonyl (C=O) groups is 1. The van der Waals surface area contributed by atoms with E-state index in [9.17, 15) is 4.79 Å². The van der Waals surface area contributed by atoms with Crippen molar-refractivity contribution in [3.05, 3.63) is 28.5 Å². The Morgan fingerprint density at radius 1 is 1.71 bits per heavy atom. The van der Waals surface area contributed by atoms with Gasteiger partial charge in [0.25, 0.3) is 0 Å². The van der Waals surface area contributed by atoms with Gasteiger partial charge in [0.15, 0.2) is 10.1 Å². The normalized spacial score (nSPS) is 13.1. The number of amides is 1. The molecule has 0 aliphatic heterocycles. The zero-order valence-corrected chi connectivity index (χ0v) is 13.0. The van der Waals surface area contributed by atoms with Crippen molar-refractivity contribution >= 4 is 39.9 Å². The summed E-state index contributed by atoms with van der Waals surface area (Å²) in [7, 11) is 1.55. The van der Waals surface area contributed by atoms with Crippen LogP contribution in [0.3, 0.4) is 0 Å². The summed E-state index contributed by atoms with van der Waals surface area (Å²) in [4.78, 5) is 16.8. The summed E-state index contributed by atoms with van der Waals surface area (Å²) >= 11 is 7.51. The predicted octanol–water partition coefficient (Wildman–Crippen LogP) is 1.58. The van der Waals surface area contributed by atoms with Gasteiger partial charge in [-0.3, -0.25) is 9.20 Å². The third-order valence-corrected chi connectivity index (χ3v) is 3.87. The molecule has 21 heavy (non-hydrogen) atoms. The molecule has 2 N–H and O–H groups in total. The molecule has 114 valence electrons. The van der Waals surface area contributed by atoms with Gasteiger partial charge in [-0.2, -0.15) is 0 Å². The number of imidazole rings is 1. The van der Waals surface area contributed by atoms with Gasteiger partial charge in [0, 0.05) is 31.4 Å². The first-order chi connectivity index (χ1) is 10.2. The maximum Gasteiger partial charge on any atom is 0.244 e. The lowest BCUT2D eigenvalue weighted by Gasteiger charge is -2.15. The summed E-state index contributed by atoms with van der Waals surface area (Å²) in [6, 6.07) is -0.223. The minimum absolute atomic E-state index is 0.0119. The first-order valence-electron chi connectivity index (χ1n) is 6.35. The Labute approximate surface area is 131 Å². The highest BCUT2D eigenvalue weighted by Gasteiger charge is 2.11. The van der Waals surface area contributed by atoms with Crippen LogP contribution >= 0.6 is 22.9 Å². The Hall–Kier alpha value is -1.41. The lowest BCUT2D eigenvalue weighted by Crippen LogP contribution is -2.37. The molecule has 0 saturated carbocycles. The van der Waals surface area contributed by atoms with Crippen LogP contribution in [-0.2, 0) is 9.53 Å². The zero-order valence-electron chi connectivity index (χ0n) is 11.5. The van der Waals surface area contributed by atoms with Gasteiger partial charge in [-0.05, 0) is 12.5 Å². The molecule has 8 heteroatoms. The van der Waals surface area contributed by atoms with Gasteiger partial charge in [-0.1, -0.05) is 11.6 Å². The van der Waals surface area contributed by atoms with E-state index in [1.54, 1.807) is 13.2 Å². The second-order valence-electron chi connectivity index (χ2n) is 4.35. The summed E-state index contributed by atoms with van der Waals surface area (Å²) in [5, 5.41) is 13.9. The summed E-state index contributed by atoms with van der Waals surface area (Å²) in [6.07, 6.45) is 5.30. The van der Waals surface area contributed by atoms with Crippen LogP contribution in [0.2, 0.25) is 5.15 Å². The molecule has 0 bridgehead atoms. The maximum atomic E-state index is 11.9. The van der Waals surface area contributed by atoms with Gasteiger partial charge in [-0.25, -0.2) is 4.98 Å². The zero-order chi connectivity index (χ0) is 15.2. The van der Waals surface area contributed by atoms with E-state index in [4.69, 9.17) is 21.4 Å². The van der Waals surface area contributed by atoms with Crippen molar-refractivity contribution in [2.75, 3.05) is 20.3 Å². The second-order valence-corrected chi connectivity index (χ2v) is 5.58. The molecule has 2 heterocycles. The van der Waals surface area contributed by atoms with Crippen molar-refractivity contribution in [1.82, 2.24) is 14.7 Å². The van der Waals surface area contributed by atoms with Crippen LogP contribution in [0.5, 0.6) is 0 Å². The van der Waals surface area contributed by atoms with E-state index in [0.717, 1.165) is 4.96 Å². The number of hydrogen-bond acceptors (Lipinski definition) is 5. The van der Waals surface area contributed by atoms with Crippen molar-refractivity contribution in [2.24, 2.45) is 0 Å². The van der Waals surface area contributed by atoms with Crippen LogP contribution in [0.15, 0.2) is 17.7 Å². The van der Waals surface area contributed by atoms with Crippen LogP contribution in [0.1, 0.15) is 12.1 Å². The number of thiazole rings is 1. The average Bonchev–Trinajstić information content (AvgIpc) is 2.98. The topological polar surface area (TPSA) is 75.9 Å². The SMILES string of the molecule is COCC(CCO)NC(=O)/C=C/c1c(Cl)nc2sccn12. The number of nitrogens with one attached hydrogen (secondary N) is 1. The number of aromatic nitrogens is 2. The molecule has 2 rings (SSSR count). The molecule has 6 nitrogen and oxygen atoms in total. The monoisotopic (exact) mass is 329 g/mol. The minimum atomic E-state index is -0.272. The van der Waals surface area contributed by atoms with Crippen LogP contribution in [0.25, 0.3) is 11.0 Å². The smallest absolute Gasteiger partial charge is 0.244 e. The highest BCUT2D eigenvalue weighted by atomic mass is 35.5. The maximum absolute atomic E-state index is 11.9. The van der Waals surface area contributed by atoms with Crippen LogP contribution in [0.4, 0.5) is 0 Å². The number of hydrogen-bond donors (Lipinski definition) is 2. The average molecular weight is 330 g/mol. The number of halogens is 1.